The molecule has 0 heterocycles. The van der Waals surface area contributed by atoms with Crippen LogP contribution >= 0.6 is 0 Å². The van der Waals surface area contributed by atoms with Crippen LogP contribution in [-0.2, 0) is 4.74 Å². The average molecular weight is 1680 g/mol. The van der Waals surface area contributed by atoms with Crippen LogP contribution in [0.25, 0.3) is 0 Å². The quantitative estimate of drug-likeness (QED) is 0.0374. The molecule has 0 aromatic heterocycles. The van der Waals surface area contributed by atoms with E-state index in [0.717, 1.165) is 70.4 Å². The van der Waals surface area contributed by atoms with Gasteiger partial charge in [0.25, 0.3) is 0 Å². The Morgan fingerprint density at radius 1 is 0.217 bits per heavy atom. The summed E-state index contributed by atoms with van der Waals surface area (Å²) in [6, 6.07) is 0. The van der Waals surface area contributed by atoms with Crippen molar-refractivity contribution in [1.82, 2.24) is 4.90 Å². The maximum absolute atomic E-state index is 10.3. The van der Waals surface area contributed by atoms with Crippen LogP contribution in [0.3, 0.4) is 0 Å². The van der Waals surface area contributed by atoms with Gasteiger partial charge in [-0.1, -0.05) is 477 Å². The van der Waals surface area contributed by atoms with Crippen molar-refractivity contribution in [3.8, 4) is 0 Å². The standard InChI is InChI=1S/C41H77NO.C38H70.C37H68O.Na.H/c1-5-7-9-11-13-15-17-19-21-23-25-27-29-31-33-35-37-41(43-40-39-42(3)4)38-36-34-32-30-28-26-24-22-20-18-16-14-12-10-8-6-2;1-4-6-8-10-12-14-16-18-20-22-24-26-28-30-32-34-36-38(3)37-35-33-31-29-27-25-23-21-19-17-15-13-11-9-7-5-2;1-3-5-7-9-11-13-15-17-19-21-23-25-27-29-31-33-35-37(38)36-34-32-30-28-26-24-22-20-18-16-14-12-10-8-6-4-2;;/h13-16,19-22,41H,5-12,17-18,23-40H2,1-4H3;12-15,18-21,38H,4-11,16-17,22-37H2,1-3H3;11-14,17-20,37-38H,3-10,15-16,21-36H2,1-2H3;;/q;;;+1;-1/b15-13-,16-14-,21-19-,22-20-;14-12-,15-13-,20-18-,21-19-;13-11-,14-12-,19-17-,20-18-;;. The van der Waals surface area contributed by atoms with Crippen molar-refractivity contribution in [2.24, 2.45) is 5.92 Å². The van der Waals surface area contributed by atoms with E-state index in [2.05, 4.69) is 213 Å². The molecule has 0 saturated heterocycles. The van der Waals surface area contributed by atoms with Crippen LogP contribution < -0.4 is 29.6 Å². The van der Waals surface area contributed by atoms with E-state index in [9.17, 15) is 5.11 Å². The minimum atomic E-state index is -0.0633. The van der Waals surface area contributed by atoms with Crippen molar-refractivity contribution >= 4 is 0 Å². The van der Waals surface area contributed by atoms with Gasteiger partial charge in [-0.2, -0.15) is 0 Å². The van der Waals surface area contributed by atoms with Gasteiger partial charge in [-0.05, 0) is 238 Å². The molecule has 1 N–H and O–H groups in total. The molecular formula is C116H216NNaO2. The Labute approximate surface area is 780 Å². The number of rotatable bonds is 94. The Balaban J connectivity index is -0.000000553. The Morgan fingerprint density at radius 2 is 0.375 bits per heavy atom. The Kier molecular flexibility index (Phi) is 123. The van der Waals surface area contributed by atoms with Gasteiger partial charge in [-0.15, -0.1) is 0 Å². The monoisotopic (exact) mass is 1680 g/mol. The maximum atomic E-state index is 10.3. The van der Waals surface area contributed by atoms with Crippen molar-refractivity contribution in [2.45, 2.75) is 561 Å². The third kappa shape index (κ3) is 122. The third-order valence-corrected chi connectivity index (χ3v) is 23.6. The number of ether oxygens (including phenoxy) is 1. The summed E-state index contributed by atoms with van der Waals surface area (Å²) in [7, 11) is 4.28. The number of aliphatic hydroxyl groups excluding tert-OH is 1. The van der Waals surface area contributed by atoms with Gasteiger partial charge in [0.05, 0.1) is 18.8 Å². The van der Waals surface area contributed by atoms with E-state index in [1.54, 1.807) is 0 Å². The van der Waals surface area contributed by atoms with Gasteiger partial charge in [-0.3, -0.25) is 0 Å². The van der Waals surface area contributed by atoms with Gasteiger partial charge in [0, 0.05) is 6.54 Å². The molecule has 120 heavy (non-hydrogen) atoms. The largest absolute Gasteiger partial charge is 1.00 e. The molecule has 0 aliphatic rings. The fourth-order valence-corrected chi connectivity index (χ4v) is 15.4. The summed E-state index contributed by atoms with van der Waals surface area (Å²) in [5, 5.41) is 10.3. The number of allylic oxidation sites excluding steroid dienone is 24. The van der Waals surface area contributed by atoms with Crippen LogP contribution in [0, 0.1) is 5.92 Å². The number of nitrogens with zero attached hydrogens (tertiary/aromatic N) is 1. The second-order valence-electron chi connectivity index (χ2n) is 36.3. The van der Waals surface area contributed by atoms with Crippen molar-refractivity contribution in [3.05, 3.63) is 146 Å². The molecule has 698 valence electrons. The zero-order valence-corrected chi connectivity index (χ0v) is 85.5. The fourth-order valence-electron chi connectivity index (χ4n) is 15.4. The second-order valence-corrected chi connectivity index (χ2v) is 36.3. The molecular weight excluding hydrogens is 1460 g/mol. The van der Waals surface area contributed by atoms with E-state index < -0.39 is 0 Å². The van der Waals surface area contributed by atoms with Crippen LogP contribution in [0.2, 0.25) is 0 Å². The van der Waals surface area contributed by atoms with Crippen molar-refractivity contribution in [3.63, 3.8) is 0 Å². The second kappa shape index (κ2) is 119. The predicted molar refractivity (Wildman–Crippen MR) is 548 cm³/mol. The van der Waals surface area contributed by atoms with Crippen LogP contribution in [0.15, 0.2) is 146 Å². The number of likely N-dealkylation sites (N-methyl/N-ethyl adjacent to an activating group) is 1. The summed E-state index contributed by atoms with van der Waals surface area (Å²) in [5.41, 5.74) is 0. The summed E-state index contributed by atoms with van der Waals surface area (Å²) in [6.07, 6.45) is 159. The zero-order chi connectivity index (χ0) is 86.6. The zero-order valence-electron chi connectivity index (χ0n) is 84.5. The van der Waals surface area contributed by atoms with Crippen LogP contribution in [0.5, 0.6) is 0 Å². The van der Waals surface area contributed by atoms with Gasteiger partial charge >= 0.3 is 29.6 Å². The van der Waals surface area contributed by atoms with E-state index in [4.69, 9.17) is 4.74 Å². The van der Waals surface area contributed by atoms with Gasteiger partial charge in [0.15, 0.2) is 0 Å². The Bertz CT molecular complexity index is 1970. The molecule has 0 aliphatic heterocycles. The SMILES string of the molecule is CCCCC/C=C\C/C=C\CCCCCCCCC(C)CCCCCCCC/C=C\C/C=C\CCCCC.CCCCC/C=C\C/C=C\CCCCCCCCC(CCCCCCCC/C=C\C/C=C\CCCCC)OCCN(C)C.CCCCC/C=C\C/C=C\CCCCCCCCC(O)CCCCCCCC/C=C\C/C=C\CCCCC.[H-].[Na+]. The topological polar surface area (TPSA) is 32.7 Å². The summed E-state index contributed by atoms with van der Waals surface area (Å²) in [6.45, 7) is 18.0. The Morgan fingerprint density at radius 3 is 0.558 bits per heavy atom. The van der Waals surface area contributed by atoms with E-state index in [-0.39, 0.29) is 37.1 Å². The Hall–Kier alpha value is -2.24. The molecule has 0 aromatic carbocycles. The normalized spacial score (nSPS) is 12.4. The molecule has 0 unspecified atom stereocenters. The minimum absolute atomic E-state index is 0. The number of unbranched alkanes of at least 4 members (excludes halogenated alkanes) is 54. The van der Waals surface area contributed by atoms with E-state index in [1.165, 1.54) is 449 Å². The first-order chi connectivity index (χ1) is 58.8. The van der Waals surface area contributed by atoms with Crippen LogP contribution in [-0.4, -0.2) is 49.5 Å². The molecule has 0 aliphatic carbocycles. The van der Waals surface area contributed by atoms with E-state index in [0.29, 0.717) is 6.10 Å². The summed E-state index contributed by atoms with van der Waals surface area (Å²) >= 11 is 0. The van der Waals surface area contributed by atoms with E-state index in [1.807, 2.05) is 0 Å². The number of hydrogen-bond donors (Lipinski definition) is 1. The molecule has 0 atom stereocenters. The van der Waals surface area contributed by atoms with Gasteiger partial charge in [-0.25, -0.2) is 0 Å². The summed E-state index contributed by atoms with van der Waals surface area (Å²) < 4.78 is 6.34. The minimum Gasteiger partial charge on any atom is -1.00 e. The summed E-state index contributed by atoms with van der Waals surface area (Å²) in [4.78, 5) is 2.23. The van der Waals surface area contributed by atoms with E-state index >= 15 is 0 Å². The first-order valence-corrected chi connectivity index (χ1v) is 53.6. The molecule has 0 amide bonds. The smallest absolute Gasteiger partial charge is 1.00 e. The fraction of sp³-hybridized carbons (Fsp3) is 0.793. The third-order valence-electron chi connectivity index (χ3n) is 23.6. The van der Waals surface area contributed by atoms with Crippen molar-refractivity contribution in [1.29, 1.82) is 0 Å². The van der Waals surface area contributed by atoms with Crippen molar-refractivity contribution < 1.29 is 40.8 Å². The molecule has 0 fully saturated rings. The maximum Gasteiger partial charge on any atom is 1.00 e. The predicted octanol–water partition coefficient (Wildman–Crippen LogP) is 37.2. The molecule has 0 rings (SSSR count). The number of hydrogen-bond acceptors (Lipinski definition) is 3. The first kappa shape index (κ1) is 124. The molecule has 3 nitrogen and oxygen atoms in total. The molecule has 0 aromatic rings. The van der Waals surface area contributed by atoms with Crippen LogP contribution in [0.4, 0.5) is 0 Å². The number of aliphatic hydroxyl groups is 1. The summed E-state index contributed by atoms with van der Waals surface area (Å²) in [5.74, 6) is 0.937. The first-order valence-electron chi connectivity index (χ1n) is 53.6. The van der Waals surface area contributed by atoms with Crippen LogP contribution in [0.1, 0.15) is 551 Å². The molecule has 0 spiro atoms. The molecule has 4 heteroatoms. The molecule has 0 radical (unpaired) electrons. The van der Waals surface area contributed by atoms with Gasteiger partial charge in [0.2, 0.25) is 0 Å². The average Bonchev–Trinajstić information content (AvgIpc) is 0.991. The van der Waals surface area contributed by atoms with Crippen molar-refractivity contribution in [2.75, 3.05) is 27.2 Å². The van der Waals surface area contributed by atoms with Gasteiger partial charge < -0.3 is 16.2 Å². The van der Waals surface area contributed by atoms with Gasteiger partial charge in [0.1, 0.15) is 0 Å². The molecule has 0 bridgehead atoms. The molecule has 0 saturated carbocycles.